The summed E-state index contributed by atoms with van der Waals surface area (Å²) in [5.74, 6) is 0.970. The van der Waals surface area contributed by atoms with E-state index in [2.05, 4.69) is 89.7 Å². The Morgan fingerprint density at radius 3 is 2.67 bits per heavy atom. The molecule has 0 heterocycles. The Bertz CT molecular complexity index is 844. The molecule has 0 atom stereocenters. The van der Waals surface area contributed by atoms with Crippen LogP contribution >= 0.6 is 15.9 Å². The standard InChI is InChI=1S/C21H22BrNO/c1-3-12-24-21-11-8-16-6-4-5-7-18(16)19(21)14-23-20-10-9-17(22)13-15(20)2/h4-11,13,23H,3,12,14H2,1-2H3. The van der Waals surface area contributed by atoms with Gasteiger partial charge in [0, 0.05) is 22.3 Å². The van der Waals surface area contributed by atoms with Gasteiger partial charge < -0.3 is 10.1 Å². The van der Waals surface area contributed by atoms with Gasteiger partial charge in [-0.15, -0.1) is 0 Å². The van der Waals surface area contributed by atoms with Gasteiger partial charge in [0.25, 0.3) is 0 Å². The predicted octanol–water partition coefficient (Wildman–Crippen LogP) is 6.31. The average Bonchev–Trinajstić information content (AvgIpc) is 2.59. The molecular formula is C21H22BrNO. The van der Waals surface area contributed by atoms with E-state index in [4.69, 9.17) is 4.74 Å². The van der Waals surface area contributed by atoms with E-state index < -0.39 is 0 Å². The minimum atomic E-state index is 0.739. The maximum Gasteiger partial charge on any atom is 0.124 e. The lowest BCUT2D eigenvalue weighted by atomic mass is 10.0. The van der Waals surface area contributed by atoms with E-state index in [9.17, 15) is 0 Å². The van der Waals surface area contributed by atoms with E-state index in [1.165, 1.54) is 21.9 Å². The topological polar surface area (TPSA) is 21.3 Å². The first-order valence-corrected chi connectivity index (χ1v) is 9.12. The monoisotopic (exact) mass is 383 g/mol. The number of rotatable bonds is 6. The second kappa shape index (κ2) is 7.71. The zero-order chi connectivity index (χ0) is 16.9. The van der Waals surface area contributed by atoms with Crippen LogP contribution in [0, 0.1) is 6.92 Å². The smallest absolute Gasteiger partial charge is 0.124 e. The highest BCUT2D eigenvalue weighted by atomic mass is 79.9. The van der Waals surface area contributed by atoms with Crippen molar-refractivity contribution < 1.29 is 4.74 Å². The van der Waals surface area contributed by atoms with Gasteiger partial charge in [-0.05, 0) is 53.9 Å². The van der Waals surface area contributed by atoms with Gasteiger partial charge in [0.05, 0.1) is 6.61 Å². The summed E-state index contributed by atoms with van der Waals surface area (Å²) >= 11 is 3.52. The highest BCUT2D eigenvalue weighted by Gasteiger charge is 2.09. The Kier molecular flexibility index (Phi) is 5.41. The number of fused-ring (bicyclic) bond motifs is 1. The molecule has 0 aliphatic carbocycles. The molecular weight excluding hydrogens is 362 g/mol. The fourth-order valence-corrected chi connectivity index (χ4v) is 3.33. The molecule has 0 fully saturated rings. The van der Waals surface area contributed by atoms with Gasteiger partial charge in [-0.25, -0.2) is 0 Å². The van der Waals surface area contributed by atoms with Crippen LogP contribution in [0.5, 0.6) is 5.75 Å². The van der Waals surface area contributed by atoms with Crippen LogP contribution in [0.3, 0.4) is 0 Å². The first kappa shape index (κ1) is 16.8. The lowest BCUT2D eigenvalue weighted by molar-refractivity contribution is 0.315. The van der Waals surface area contributed by atoms with E-state index in [1.807, 2.05) is 0 Å². The first-order valence-electron chi connectivity index (χ1n) is 8.32. The van der Waals surface area contributed by atoms with Crippen LogP contribution in [0.1, 0.15) is 24.5 Å². The van der Waals surface area contributed by atoms with Gasteiger partial charge in [0.2, 0.25) is 0 Å². The highest BCUT2D eigenvalue weighted by Crippen LogP contribution is 2.30. The summed E-state index contributed by atoms with van der Waals surface area (Å²) < 4.78 is 7.08. The normalized spacial score (nSPS) is 10.8. The molecule has 24 heavy (non-hydrogen) atoms. The molecule has 0 aromatic heterocycles. The van der Waals surface area contributed by atoms with E-state index in [-0.39, 0.29) is 0 Å². The van der Waals surface area contributed by atoms with Crippen molar-refractivity contribution in [1.82, 2.24) is 0 Å². The maximum absolute atomic E-state index is 5.98. The molecule has 0 spiro atoms. The van der Waals surface area contributed by atoms with Crippen molar-refractivity contribution in [2.45, 2.75) is 26.8 Å². The van der Waals surface area contributed by atoms with Crippen molar-refractivity contribution in [2.24, 2.45) is 0 Å². The number of hydrogen-bond acceptors (Lipinski definition) is 2. The van der Waals surface area contributed by atoms with Crippen LogP contribution in [0.4, 0.5) is 5.69 Å². The van der Waals surface area contributed by atoms with Crippen LogP contribution < -0.4 is 10.1 Å². The van der Waals surface area contributed by atoms with Crippen molar-refractivity contribution in [3.63, 3.8) is 0 Å². The number of benzene rings is 3. The van der Waals surface area contributed by atoms with Gasteiger partial charge in [-0.2, -0.15) is 0 Å². The van der Waals surface area contributed by atoms with Crippen LogP contribution in [-0.4, -0.2) is 6.61 Å². The molecule has 3 aromatic carbocycles. The molecule has 2 nitrogen and oxygen atoms in total. The van der Waals surface area contributed by atoms with Crippen LogP contribution in [0.2, 0.25) is 0 Å². The number of hydrogen-bond donors (Lipinski definition) is 1. The number of nitrogens with one attached hydrogen (secondary N) is 1. The van der Waals surface area contributed by atoms with Gasteiger partial charge in [-0.3, -0.25) is 0 Å². The van der Waals surface area contributed by atoms with E-state index in [0.29, 0.717) is 0 Å². The molecule has 3 rings (SSSR count). The molecule has 0 saturated heterocycles. The van der Waals surface area contributed by atoms with Crippen LogP contribution in [0.15, 0.2) is 59.1 Å². The van der Waals surface area contributed by atoms with E-state index >= 15 is 0 Å². The second-order valence-electron chi connectivity index (χ2n) is 5.92. The molecule has 0 unspecified atom stereocenters. The van der Waals surface area contributed by atoms with Crippen molar-refractivity contribution in [3.05, 3.63) is 70.2 Å². The molecule has 124 valence electrons. The molecule has 0 radical (unpaired) electrons. The number of anilines is 1. The summed E-state index contributed by atoms with van der Waals surface area (Å²) in [6.45, 7) is 5.72. The van der Waals surface area contributed by atoms with Crippen molar-refractivity contribution in [2.75, 3.05) is 11.9 Å². The average molecular weight is 384 g/mol. The summed E-state index contributed by atoms with van der Waals surface area (Å²) in [6.07, 6.45) is 1.01. The summed E-state index contributed by atoms with van der Waals surface area (Å²) in [4.78, 5) is 0. The third-order valence-corrected chi connectivity index (χ3v) is 4.60. The molecule has 0 aliphatic rings. The summed E-state index contributed by atoms with van der Waals surface area (Å²) in [6, 6.07) is 19.0. The molecule has 0 amide bonds. The summed E-state index contributed by atoms with van der Waals surface area (Å²) in [7, 11) is 0. The van der Waals surface area contributed by atoms with Gasteiger partial charge in [0.15, 0.2) is 0 Å². The minimum Gasteiger partial charge on any atom is -0.493 e. The van der Waals surface area contributed by atoms with Gasteiger partial charge in [0.1, 0.15) is 5.75 Å². The zero-order valence-electron chi connectivity index (χ0n) is 14.1. The number of aryl methyl sites for hydroxylation is 1. The largest absolute Gasteiger partial charge is 0.493 e. The molecule has 0 bridgehead atoms. The lowest BCUT2D eigenvalue weighted by Gasteiger charge is -2.16. The first-order chi connectivity index (χ1) is 11.7. The van der Waals surface area contributed by atoms with E-state index in [0.717, 1.165) is 35.5 Å². The van der Waals surface area contributed by atoms with Crippen molar-refractivity contribution in [3.8, 4) is 5.75 Å². The van der Waals surface area contributed by atoms with Crippen LogP contribution in [0.25, 0.3) is 10.8 Å². The van der Waals surface area contributed by atoms with Gasteiger partial charge in [-0.1, -0.05) is 53.2 Å². The Labute approximate surface area is 152 Å². The Hall–Kier alpha value is -2.00. The third kappa shape index (κ3) is 3.73. The number of halogens is 1. The fraction of sp³-hybridized carbons (Fsp3) is 0.238. The summed E-state index contributed by atoms with van der Waals surface area (Å²) in [5, 5.41) is 6.05. The summed E-state index contributed by atoms with van der Waals surface area (Å²) in [5.41, 5.74) is 3.58. The van der Waals surface area contributed by atoms with Crippen molar-refractivity contribution in [1.29, 1.82) is 0 Å². The second-order valence-corrected chi connectivity index (χ2v) is 6.84. The van der Waals surface area contributed by atoms with Crippen LogP contribution in [-0.2, 0) is 6.54 Å². The predicted molar refractivity (Wildman–Crippen MR) is 106 cm³/mol. The number of ether oxygens (including phenoxy) is 1. The quantitative estimate of drug-likeness (QED) is 0.538. The maximum atomic E-state index is 5.98. The Balaban J connectivity index is 1.93. The fourth-order valence-electron chi connectivity index (χ4n) is 2.85. The SMILES string of the molecule is CCCOc1ccc2ccccc2c1CNc1ccc(Br)cc1C. The Morgan fingerprint density at radius 1 is 1.04 bits per heavy atom. The molecule has 3 heteroatoms. The van der Waals surface area contributed by atoms with Crippen molar-refractivity contribution >= 4 is 32.4 Å². The molecule has 1 N–H and O–H groups in total. The molecule has 0 saturated carbocycles. The third-order valence-electron chi connectivity index (χ3n) is 4.10. The van der Waals surface area contributed by atoms with Gasteiger partial charge >= 0.3 is 0 Å². The molecule has 3 aromatic rings. The van der Waals surface area contributed by atoms with E-state index in [1.54, 1.807) is 0 Å². The minimum absolute atomic E-state index is 0.739. The Morgan fingerprint density at radius 2 is 1.88 bits per heavy atom. The highest BCUT2D eigenvalue weighted by molar-refractivity contribution is 9.10. The molecule has 0 aliphatic heterocycles. The zero-order valence-corrected chi connectivity index (χ0v) is 15.7. The lowest BCUT2D eigenvalue weighted by Crippen LogP contribution is -2.05.